The molecule has 5 heteroatoms. The maximum absolute atomic E-state index is 11.2. The Hall–Kier alpha value is -0.940. The second kappa shape index (κ2) is 5.80. The van der Waals surface area contributed by atoms with Crippen molar-refractivity contribution in [2.75, 3.05) is 6.54 Å². The summed E-state index contributed by atoms with van der Waals surface area (Å²) in [5.74, 6) is -0.713. The number of rotatable bonds is 3. The third kappa shape index (κ3) is 2.90. The number of hydrogen-bond acceptors (Lipinski definition) is 3. The Labute approximate surface area is 115 Å². The Bertz CT molecular complexity index is 451. The number of aliphatic carboxylic acids is 1. The van der Waals surface area contributed by atoms with Gasteiger partial charge in [0.2, 0.25) is 0 Å². The van der Waals surface area contributed by atoms with E-state index in [1.807, 2.05) is 18.0 Å². The van der Waals surface area contributed by atoms with Crippen LogP contribution in [0.15, 0.2) is 16.9 Å². The molecule has 4 nitrogen and oxygen atoms in total. The molecule has 1 N–H and O–H groups in total. The fourth-order valence-electron chi connectivity index (χ4n) is 2.38. The van der Waals surface area contributed by atoms with Gasteiger partial charge in [0.1, 0.15) is 6.04 Å². The molecule has 18 heavy (non-hydrogen) atoms. The van der Waals surface area contributed by atoms with E-state index in [1.54, 1.807) is 6.20 Å². The third-order valence-corrected chi connectivity index (χ3v) is 4.33. The monoisotopic (exact) mass is 312 g/mol. The molecular weight excluding hydrogens is 296 g/mol. The van der Waals surface area contributed by atoms with Crippen LogP contribution in [0.5, 0.6) is 0 Å². The van der Waals surface area contributed by atoms with Gasteiger partial charge in [-0.1, -0.05) is 6.42 Å². The summed E-state index contributed by atoms with van der Waals surface area (Å²) in [6.07, 6.45) is 6.42. The minimum Gasteiger partial charge on any atom is -0.480 e. The number of nitrogens with zero attached hydrogens (tertiary/aromatic N) is 2. The number of carbonyl (C=O) groups is 1. The van der Waals surface area contributed by atoms with Crippen molar-refractivity contribution in [1.82, 2.24) is 9.88 Å². The summed E-state index contributed by atoms with van der Waals surface area (Å²) < 4.78 is 0.976. The molecule has 1 unspecified atom stereocenters. The van der Waals surface area contributed by atoms with Gasteiger partial charge in [0.15, 0.2) is 0 Å². The highest BCUT2D eigenvalue weighted by Crippen LogP contribution is 2.23. The topological polar surface area (TPSA) is 53.4 Å². The molecule has 0 spiro atoms. The number of carboxylic acids is 1. The minimum atomic E-state index is -0.713. The lowest BCUT2D eigenvalue weighted by molar-refractivity contribution is -0.144. The van der Waals surface area contributed by atoms with Crippen molar-refractivity contribution in [2.45, 2.75) is 38.8 Å². The number of hydrogen-bond donors (Lipinski definition) is 1. The Morgan fingerprint density at radius 2 is 2.33 bits per heavy atom. The molecule has 0 amide bonds. The molecular formula is C13H17BrN2O2. The number of carboxylic acid groups (broad SMARTS) is 1. The summed E-state index contributed by atoms with van der Waals surface area (Å²) >= 11 is 3.46. The van der Waals surface area contributed by atoms with E-state index in [4.69, 9.17) is 0 Å². The highest BCUT2D eigenvalue weighted by atomic mass is 79.9. The van der Waals surface area contributed by atoms with E-state index >= 15 is 0 Å². The zero-order valence-electron chi connectivity index (χ0n) is 10.4. The summed E-state index contributed by atoms with van der Waals surface area (Å²) in [5, 5.41) is 9.24. The van der Waals surface area contributed by atoms with Gasteiger partial charge < -0.3 is 5.11 Å². The zero-order chi connectivity index (χ0) is 13.1. The molecule has 1 aromatic heterocycles. The van der Waals surface area contributed by atoms with E-state index in [2.05, 4.69) is 20.9 Å². The van der Waals surface area contributed by atoms with Gasteiger partial charge in [0, 0.05) is 23.4 Å². The lowest BCUT2D eigenvalue weighted by Gasteiger charge is -2.33. The van der Waals surface area contributed by atoms with Gasteiger partial charge >= 0.3 is 5.97 Å². The summed E-state index contributed by atoms with van der Waals surface area (Å²) in [5.41, 5.74) is 2.23. The van der Waals surface area contributed by atoms with Crippen molar-refractivity contribution in [3.63, 3.8) is 0 Å². The number of pyridine rings is 1. The third-order valence-electron chi connectivity index (χ3n) is 3.53. The highest BCUT2D eigenvalue weighted by molar-refractivity contribution is 9.10. The van der Waals surface area contributed by atoms with E-state index in [1.165, 1.54) is 0 Å². The molecule has 1 aliphatic rings. The molecule has 1 atom stereocenters. The Balaban J connectivity index is 2.16. The molecule has 0 radical (unpaired) electrons. The van der Waals surface area contributed by atoms with E-state index in [9.17, 15) is 9.90 Å². The van der Waals surface area contributed by atoms with Crippen LogP contribution in [0.2, 0.25) is 0 Å². The van der Waals surface area contributed by atoms with Crippen molar-refractivity contribution in [3.8, 4) is 0 Å². The average molecular weight is 313 g/mol. The van der Waals surface area contributed by atoms with Gasteiger partial charge in [-0.3, -0.25) is 14.7 Å². The van der Waals surface area contributed by atoms with Gasteiger partial charge in [-0.15, -0.1) is 0 Å². The van der Waals surface area contributed by atoms with Gasteiger partial charge in [0.25, 0.3) is 0 Å². The standard InChI is InChI=1S/C13H17BrN2O2/c1-9-10(6-15-7-11(9)14)8-16-5-3-2-4-12(16)13(17)18/h6-7,12H,2-5,8H2,1H3,(H,17,18). The second-order valence-electron chi connectivity index (χ2n) is 4.73. The molecule has 1 saturated heterocycles. The van der Waals surface area contributed by atoms with Crippen molar-refractivity contribution < 1.29 is 9.90 Å². The maximum atomic E-state index is 11.2. The molecule has 98 valence electrons. The molecule has 1 aromatic rings. The molecule has 0 saturated carbocycles. The van der Waals surface area contributed by atoms with Gasteiger partial charge in [-0.2, -0.15) is 0 Å². The summed E-state index contributed by atoms with van der Waals surface area (Å²) in [6.45, 7) is 3.54. The molecule has 2 heterocycles. The van der Waals surface area contributed by atoms with Crippen molar-refractivity contribution in [3.05, 3.63) is 28.0 Å². The van der Waals surface area contributed by atoms with E-state index in [0.29, 0.717) is 6.54 Å². The maximum Gasteiger partial charge on any atom is 0.320 e. The number of aromatic nitrogens is 1. The Morgan fingerprint density at radius 1 is 1.56 bits per heavy atom. The van der Waals surface area contributed by atoms with Crippen LogP contribution >= 0.6 is 15.9 Å². The molecule has 1 fully saturated rings. The average Bonchev–Trinajstić information content (AvgIpc) is 2.35. The number of piperidine rings is 1. The molecule has 0 bridgehead atoms. The zero-order valence-corrected chi connectivity index (χ0v) is 12.0. The molecule has 2 rings (SSSR count). The van der Waals surface area contributed by atoms with Gasteiger partial charge in [-0.05, 0) is 53.4 Å². The van der Waals surface area contributed by atoms with E-state index < -0.39 is 5.97 Å². The number of likely N-dealkylation sites (tertiary alicyclic amines) is 1. The fraction of sp³-hybridized carbons (Fsp3) is 0.538. The first-order chi connectivity index (χ1) is 8.59. The van der Waals surface area contributed by atoms with Crippen LogP contribution in [0.4, 0.5) is 0 Å². The smallest absolute Gasteiger partial charge is 0.320 e. The highest BCUT2D eigenvalue weighted by Gasteiger charge is 2.28. The van der Waals surface area contributed by atoms with Crippen molar-refractivity contribution in [1.29, 1.82) is 0 Å². The Morgan fingerprint density at radius 3 is 3.06 bits per heavy atom. The van der Waals surface area contributed by atoms with Crippen LogP contribution in [-0.4, -0.2) is 33.5 Å². The van der Waals surface area contributed by atoms with Gasteiger partial charge in [0.05, 0.1) is 0 Å². The normalized spacial score (nSPS) is 20.9. The molecule has 0 aliphatic carbocycles. The quantitative estimate of drug-likeness (QED) is 0.932. The Kier molecular flexibility index (Phi) is 4.35. The van der Waals surface area contributed by atoms with Crippen LogP contribution in [0.25, 0.3) is 0 Å². The van der Waals surface area contributed by atoms with E-state index in [-0.39, 0.29) is 6.04 Å². The number of halogens is 1. The minimum absolute atomic E-state index is 0.350. The fourth-order valence-corrected chi connectivity index (χ4v) is 2.75. The van der Waals surface area contributed by atoms with Gasteiger partial charge in [-0.25, -0.2) is 0 Å². The van der Waals surface area contributed by atoms with E-state index in [0.717, 1.165) is 41.4 Å². The summed E-state index contributed by atoms with van der Waals surface area (Å²) in [4.78, 5) is 17.4. The van der Waals surface area contributed by atoms with Crippen molar-refractivity contribution in [2.24, 2.45) is 0 Å². The largest absolute Gasteiger partial charge is 0.480 e. The second-order valence-corrected chi connectivity index (χ2v) is 5.58. The SMILES string of the molecule is Cc1c(Br)cncc1CN1CCCCC1C(=O)O. The predicted molar refractivity (Wildman–Crippen MR) is 72.4 cm³/mol. The summed E-state index contributed by atoms with van der Waals surface area (Å²) in [6, 6.07) is -0.350. The first kappa shape index (κ1) is 13.5. The molecule has 0 aromatic carbocycles. The first-order valence-corrected chi connectivity index (χ1v) is 6.94. The molecule has 1 aliphatic heterocycles. The van der Waals surface area contributed by atoms with Crippen LogP contribution in [0.1, 0.15) is 30.4 Å². The van der Waals surface area contributed by atoms with Crippen LogP contribution in [0, 0.1) is 6.92 Å². The van der Waals surface area contributed by atoms with Crippen LogP contribution in [-0.2, 0) is 11.3 Å². The first-order valence-electron chi connectivity index (χ1n) is 6.15. The summed E-state index contributed by atoms with van der Waals surface area (Å²) in [7, 11) is 0. The predicted octanol–water partition coefficient (Wildman–Crippen LogP) is 2.59. The van der Waals surface area contributed by atoms with Crippen LogP contribution < -0.4 is 0 Å². The van der Waals surface area contributed by atoms with Crippen LogP contribution in [0.3, 0.4) is 0 Å². The lowest BCUT2D eigenvalue weighted by atomic mass is 10.0. The van der Waals surface area contributed by atoms with Crippen molar-refractivity contribution >= 4 is 21.9 Å². The lowest BCUT2D eigenvalue weighted by Crippen LogP contribution is -2.44.